The third-order valence-corrected chi connectivity index (χ3v) is 2.47. The van der Waals surface area contributed by atoms with Crippen LogP contribution in [-0.4, -0.2) is 32.3 Å². The summed E-state index contributed by atoms with van der Waals surface area (Å²) < 4.78 is 6.92. The first-order valence-corrected chi connectivity index (χ1v) is 6.45. The molecule has 1 atom stereocenters. The maximum atomic E-state index is 11.8. The van der Waals surface area contributed by atoms with Gasteiger partial charge in [0, 0.05) is 18.9 Å². The van der Waals surface area contributed by atoms with Gasteiger partial charge in [0.25, 0.3) is 0 Å². The maximum Gasteiger partial charge on any atom is 0.408 e. The zero-order valence-electron chi connectivity index (χ0n) is 12.2. The molecule has 7 nitrogen and oxygen atoms in total. The van der Waals surface area contributed by atoms with Crippen LogP contribution in [0, 0.1) is 0 Å². The molecule has 0 radical (unpaired) electrons. The smallest absolute Gasteiger partial charge is 0.408 e. The number of carboxylic acid groups (broad SMARTS) is 1. The van der Waals surface area contributed by atoms with Crippen molar-refractivity contribution in [2.75, 3.05) is 0 Å². The molecule has 1 rings (SSSR count). The third-order valence-electron chi connectivity index (χ3n) is 2.47. The molecule has 0 saturated heterocycles. The second-order valence-electron chi connectivity index (χ2n) is 5.37. The predicted molar refractivity (Wildman–Crippen MR) is 72.3 cm³/mol. The van der Waals surface area contributed by atoms with Crippen LogP contribution in [0.3, 0.4) is 0 Å². The zero-order chi connectivity index (χ0) is 15.3. The monoisotopic (exact) mass is 283 g/mol. The minimum Gasteiger partial charge on any atom is -0.481 e. The molecule has 0 aromatic carbocycles. The number of amides is 1. The van der Waals surface area contributed by atoms with Gasteiger partial charge in [-0.25, -0.2) is 9.78 Å². The Morgan fingerprint density at radius 1 is 1.50 bits per heavy atom. The fraction of sp³-hybridized carbons (Fsp3) is 0.615. The summed E-state index contributed by atoms with van der Waals surface area (Å²) in [6, 6.07) is -0.725. The van der Waals surface area contributed by atoms with Crippen LogP contribution in [0.15, 0.2) is 12.4 Å². The van der Waals surface area contributed by atoms with Crippen molar-refractivity contribution in [3.63, 3.8) is 0 Å². The molecule has 20 heavy (non-hydrogen) atoms. The fourth-order valence-corrected chi connectivity index (χ4v) is 1.73. The van der Waals surface area contributed by atoms with Crippen LogP contribution in [0.1, 0.15) is 46.0 Å². The first kappa shape index (κ1) is 16.0. The molecule has 7 heteroatoms. The SMILES string of the molecule is CCn1ccnc1[C@@H](CC(=O)O)NC(=O)OC(C)(C)C. The highest BCUT2D eigenvalue weighted by Crippen LogP contribution is 2.17. The summed E-state index contributed by atoms with van der Waals surface area (Å²) >= 11 is 0. The Hall–Kier alpha value is -2.05. The van der Waals surface area contributed by atoms with Crippen LogP contribution in [-0.2, 0) is 16.1 Å². The Labute approximate surface area is 118 Å². The van der Waals surface area contributed by atoms with Gasteiger partial charge in [0.15, 0.2) is 0 Å². The maximum absolute atomic E-state index is 11.8. The summed E-state index contributed by atoms with van der Waals surface area (Å²) in [6.07, 6.45) is 2.40. The number of aliphatic carboxylic acids is 1. The first-order valence-electron chi connectivity index (χ1n) is 6.45. The molecule has 0 bridgehead atoms. The number of aryl methyl sites for hydroxylation is 1. The number of hydrogen-bond acceptors (Lipinski definition) is 4. The highest BCUT2D eigenvalue weighted by atomic mass is 16.6. The lowest BCUT2D eigenvalue weighted by Crippen LogP contribution is -2.36. The molecule has 0 fully saturated rings. The van der Waals surface area contributed by atoms with E-state index < -0.39 is 23.7 Å². The van der Waals surface area contributed by atoms with Crippen molar-refractivity contribution in [2.24, 2.45) is 0 Å². The van der Waals surface area contributed by atoms with Gasteiger partial charge in [0.2, 0.25) is 0 Å². The van der Waals surface area contributed by atoms with Crippen molar-refractivity contribution < 1.29 is 19.4 Å². The summed E-state index contributed by atoms with van der Waals surface area (Å²) in [5.41, 5.74) is -0.641. The number of carboxylic acids is 1. The average Bonchev–Trinajstić information content (AvgIpc) is 2.72. The number of rotatable bonds is 5. The van der Waals surface area contributed by atoms with E-state index in [2.05, 4.69) is 10.3 Å². The molecule has 2 N–H and O–H groups in total. The molecule has 1 heterocycles. The fourth-order valence-electron chi connectivity index (χ4n) is 1.73. The van der Waals surface area contributed by atoms with Gasteiger partial charge in [-0.2, -0.15) is 0 Å². The molecular weight excluding hydrogens is 262 g/mol. The summed E-state index contributed by atoms with van der Waals surface area (Å²) in [7, 11) is 0. The van der Waals surface area contributed by atoms with Gasteiger partial charge >= 0.3 is 12.1 Å². The molecule has 112 valence electrons. The minimum atomic E-state index is -1.02. The van der Waals surface area contributed by atoms with Crippen LogP contribution < -0.4 is 5.32 Å². The van der Waals surface area contributed by atoms with E-state index >= 15 is 0 Å². The second-order valence-corrected chi connectivity index (χ2v) is 5.37. The summed E-state index contributed by atoms with van der Waals surface area (Å²) in [5, 5.41) is 11.5. The molecule has 0 saturated carbocycles. The minimum absolute atomic E-state index is 0.254. The van der Waals surface area contributed by atoms with Crippen LogP contribution in [0.4, 0.5) is 4.79 Å². The van der Waals surface area contributed by atoms with Gasteiger partial charge < -0.3 is 19.7 Å². The molecule has 0 aliphatic rings. The lowest BCUT2D eigenvalue weighted by Gasteiger charge is -2.23. The molecule has 0 unspecified atom stereocenters. The normalized spacial score (nSPS) is 12.8. The predicted octanol–water partition coefficient (Wildman–Crippen LogP) is 1.94. The number of alkyl carbamates (subject to hydrolysis) is 1. The van der Waals surface area contributed by atoms with E-state index in [1.165, 1.54) is 0 Å². The van der Waals surface area contributed by atoms with E-state index in [1.54, 1.807) is 37.7 Å². The molecular formula is C13H21N3O4. The molecule has 1 aromatic rings. The number of carbonyl (C=O) groups excluding carboxylic acids is 1. The van der Waals surface area contributed by atoms with E-state index in [0.29, 0.717) is 12.4 Å². The number of ether oxygens (including phenoxy) is 1. The summed E-state index contributed by atoms with van der Waals surface area (Å²) in [4.78, 5) is 26.8. The highest BCUT2D eigenvalue weighted by Gasteiger charge is 2.25. The van der Waals surface area contributed by atoms with E-state index in [-0.39, 0.29) is 6.42 Å². The van der Waals surface area contributed by atoms with E-state index in [4.69, 9.17) is 9.84 Å². The van der Waals surface area contributed by atoms with Gasteiger partial charge in [-0.1, -0.05) is 0 Å². The van der Waals surface area contributed by atoms with Crippen LogP contribution >= 0.6 is 0 Å². The van der Waals surface area contributed by atoms with Crippen LogP contribution in [0.5, 0.6) is 0 Å². The number of imidazole rings is 1. The number of hydrogen-bond donors (Lipinski definition) is 2. The lowest BCUT2D eigenvalue weighted by molar-refractivity contribution is -0.137. The first-order chi connectivity index (χ1) is 9.23. The zero-order valence-corrected chi connectivity index (χ0v) is 12.2. The van der Waals surface area contributed by atoms with Gasteiger partial charge in [0.1, 0.15) is 17.5 Å². The van der Waals surface area contributed by atoms with Crippen molar-refractivity contribution in [3.8, 4) is 0 Å². The van der Waals surface area contributed by atoms with Gasteiger partial charge in [0.05, 0.1) is 6.42 Å². The molecule has 0 spiro atoms. The van der Waals surface area contributed by atoms with E-state index in [0.717, 1.165) is 0 Å². The molecule has 0 aliphatic carbocycles. The summed E-state index contributed by atoms with van der Waals surface area (Å²) in [5.74, 6) is -0.516. The van der Waals surface area contributed by atoms with Crippen molar-refractivity contribution >= 4 is 12.1 Å². The van der Waals surface area contributed by atoms with Crippen molar-refractivity contribution in [1.29, 1.82) is 0 Å². The van der Waals surface area contributed by atoms with Crippen LogP contribution in [0.2, 0.25) is 0 Å². The quantitative estimate of drug-likeness (QED) is 0.861. The highest BCUT2D eigenvalue weighted by molar-refractivity contribution is 5.71. The number of aromatic nitrogens is 2. The van der Waals surface area contributed by atoms with E-state index in [9.17, 15) is 9.59 Å². The average molecular weight is 283 g/mol. The number of nitrogens with zero attached hydrogens (tertiary/aromatic N) is 2. The Balaban J connectivity index is 2.85. The van der Waals surface area contributed by atoms with Crippen molar-refractivity contribution in [2.45, 2.75) is 52.3 Å². The van der Waals surface area contributed by atoms with Crippen molar-refractivity contribution in [3.05, 3.63) is 18.2 Å². The number of carbonyl (C=O) groups is 2. The van der Waals surface area contributed by atoms with Crippen LogP contribution in [0.25, 0.3) is 0 Å². The van der Waals surface area contributed by atoms with Gasteiger partial charge in [-0.05, 0) is 27.7 Å². The largest absolute Gasteiger partial charge is 0.481 e. The van der Waals surface area contributed by atoms with Gasteiger partial charge in [-0.3, -0.25) is 4.79 Å². The Bertz CT molecular complexity index is 476. The summed E-state index contributed by atoms with van der Waals surface area (Å²) in [6.45, 7) is 7.78. The Morgan fingerprint density at radius 2 is 2.15 bits per heavy atom. The lowest BCUT2D eigenvalue weighted by atomic mass is 10.2. The molecule has 1 amide bonds. The van der Waals surface area contributed by atoms with Crippen molar-refractivity contribution in [1.82, 2.24) is 14.9 Å². The Kier molecular flexibility index (Phi) is 5.12. The van der Waals surface area contributed by atoms with E-state index in [1.807, 2.05) is 6.92 Å². The second kappa shape index (κ2) is 6.40. The standard InChI is InChI=1S/C13H21N3O4/c1-5-16-7-6-14-11(16)9(8-10(17)18)15-12(19)20-13(2,3)4/h6-7,9H,5,8H2,1-4H3,(H,15,19)(H,17,18)/t9-/m1/s1. The molecule has 1 aromatic heterocycles. The Morgan fingerprint density at radius 3 is 2.65 bits per heavy atom. The molecule has 0 aliphatic heterocycles. The topological polar surface area (TPSA) is 93.5 Å². The van der Waals surface area contributed by atoms with Gasteiger partial charge in [-0.15, -0.1) is 0 Å². The number of nitrogens with one attached hydrogen (secondary N) is 1. The third kappa shape index (κ3) is 4.91.